The number of anilines is 2. The van der Waals surface area contributed by atoms with Gasteiger partial charge in [0, 0.05) is 38.1 Å². The molecule has 0 radical (unpaired) electrons. The van der Waals surface area contributed by atoms with Crippen molar-refractivity contribution in [2.75, 3.05) is 31.6 Å². The maximum Gasteiger partial charge on any atom is 0.253 e. The molecule has 0 saturated carbocycles. The SMILES string of the molecule is Cc1cc(Nc2nc(C3=CCCCC3)cn3c(-c4cnn(C)c4)cnc23)sc1S(=O)(=O)N1CCOCC1. The first-order valence-electron chi connectivity index (χ1n) is 12.4. The van der Waals surface area contributed by atoms with Gasteiger partial charge in [-0.15, -0.1) is 11.3 Å². The van der Waals surface area contributed by atoms with E-state index in [1.807, 2.05) is 49.2 Å². The van der Waals surface area contributed by atoms with Gasteiger partial charge < -0.3 is 10.1 Å². The first-order chi connectivity index (χ1) is 17.9. The number of hydrogen-bond acceptors (Lipinski definition) is 8. The quantitative estimate of drug-likeness (QED) is 0.391. The lowest BCUT2D eigenvalue weighted by Crippen LogP contribution is -2.40. The molecule has 0 spiro atoms. The topological polar surface area (TPSA) is 107 Å². The Hall–Kier alpha value is -3.06. The van der Waals surface area contributed by atoms with Crippen LogP contribution in [-0.4, -0.2) is 63.2 Å². The van der Waals surface area contributed by atoms with Crippen molar-refractivity contribution in [2.24, 2.45) is 7.05 Å². The number of aryl methyl sites for hydroxylation is 2. The molecule has 0 atom stereocenters. The van der Waals surface area contributed by atoms with Gasteiger partial charge in [-0.05, 0) is 49.8 Å². The second-order valence-corrected chi connectivity index (χ2v) is 12.6. The van der Waals surface area contributed by atoms with E-state index in [1.54, 1.807) is 4.68 Å². The van der Waals surface area contributed by atoms with E-state index in [1.165, 1.54) is 27.6 Å². The Morgan fingerprint density at radius 3 is 2.70 bits per heavy atom. The summed E-state index contributed by atoms with van der Waals surface area (Å²) in [4.78, 5) is 9.65. The predicted octanol–water partition coefficient (Wildman–Crippen LogP) is 4.22. The van der Waals surface area contributed by atoms with Crippen molar-refractivity contribution < 1.29 is 13.2 Å². The van der Waals surface area contributed by atoms with Crippen LogP contribution < -0.4 is 5.32 Å². The summed E-state index contributed by atoms with van der Waals surface area (Å²) in [5.41, 5.74) is 5.38. The fourth-order valence-electron chi connectivity index (χ4n) is 4.87. The highest BCUT2D eigenvalue weighted by Crippen LogP contribution is 2.36. The molecule has 1 aliphatic heterocycles. The van der Waals surface area contributed by atoms with Crippen molar-refractivity contribution in [3.8, 4) is 11.3 Å². The summed E-state index contributed by atoms with van der Waals surface area (Å²) in [7, 11) is -1.70. The number of rotatable bonds is 6. The van der Waals surface area contributed by atoms with Gasteiger partial charge in [0.15, 0.2) is 11.5 Å². The third-order valence-electron chi connectivity index (χ3n) is 6.77. The van der Waals surface area contributed by atoms with Crippen molar-refractivity contribution in [2.45, 2.75) is 36.8 Å². The standard InChI is InChI=1S/C25H29N7O3S2/c1-17-12-22(36-25(17)37(33,34)31-8-10-35-11-9-31)29-23-24-26-14-21(19-13-27-30(2)15-19)32(24)16-20(28-23)18-6-4-3-5-7-18/h6,12-16H,3-5,7-11H2,1-2H3,(H,28,29). The molecule has 0 amide bonds. The number of nitrogens with zero attached hydrogens (tertiary/aromatic N) is 6. The minimum atomic E-state index is -3.59. The summed E-state index contributed by atoms with van der Waals surface area (Å²) in [6, 6.07) is 1.87. The van der Waals surface area contributed by atoms with Crippen LogP contribution >= 0.6 is 11.3 Å². The largest absolute Gasteiger partial charge is 0.379 e. The summed E-state index contributed by atoms with van der Waals surface area (Å²) in [6.07, 6.45) is 14.3. The molecule has 10 nitrogen and oxygen atoms in total. The Balaban J connectivity index is 1.41. The Morgan fingerprint density at radius 1 is 1.14 bits per heavy atom. The highest BCUT2D eigenvalue weighted by Gasteiger charge is 2.30. The number of allylic oxidation sites excluding steroid dienone is 2. The van der Waals surface area contributed by atoms with Crippen LogP contribution in [-0.2, 0) is 21.8 Å². The van der Waals surface area contributed by atoms with Crippen LogP contribution in [0, 0.1) is 6.92 Å². The predicted molar refractivity (Wildman–Crippen MR) is 144 cm³/mol. The molecule has 0 unspecified atom stereocenters. The second kappa shape index (κ2) is 9.67. The molecule has 37 heavy (non-hydrogen) atoms. The Bertz CT molecular complexity index is 1590. The van der Waals surface area contributed by atoms with Gasteiger partial charge in [0.05, 0.1) is 42.0 Å². The molecule has 0 bridgehead atoms. The zero-order valence-corrected chi connectivity index (χ0v) is 22.5. The lowest BCUT2D eigenvalue weighted by Gasteiger charge is -2.25. The van der Waals surface area contributed by atoms with Crippen molar-refractivity contribution in [3.05, 3.63) is 48.2 Å². The number of aromatic nitrogens is 5. The number of imidazole rings is 1. The van der Waals surface area contributed by atoms with Gasteiger partial charge in [0.25, 0.3) is 10.0 Å². The van der Waals surface area contributed by atoms with Crippen LogP contribution in [0.5, 0.6) is 0 Å². The van der Waals surface area contributed by atoms with Crippen LogP contribution in [0.4, 0.5) is 10.8 Å². The molecule has 2 aliphatic rings. The lowest BCUT2D eigenvalue weighted by molar-refractivity contribution is 0.0731. The molecular weight excluding hydrogens is 510 g/mol. The summed E-state index contributed by atoms with van der Waals surface area (Å²) < 4.78 is 37.6. The van der Waals surface area contributed by atoms with Gasteiger partial charge in [-0.3, -0.25) is 9.08 Å². The van der Waals surface area contributed by atoms with E-state index in [9.17, 15) is 8.42 Å². The number of nitrogens with one attached hydrogen (secondary N) is 1. The minimum absolute atomic E-state index is 0.346. The zero-order valence-electron chi connectivity index (χ0n) is 20.8. The summed E-state index contributed by atoms with van der Waals surface area (Å²) in [6.45, 7) is 3.40. The summed E-state index contributed by atoms with van der Waals surface area (Å²) in [5, 5.41) is 8.43. The Kier molecular flexibility index (Phi) is 6.35. The molecule has 1 fully saturated rings. The number of fused-ring (bicyclic) bond motifs is 1. The normalized spacial score (nSPS) is 17.3. The molecule has 5 heterocycles. The van der Waals surface area contributed by atoms with Crippen LogP contribution in [0.25, 0.3) is 22.5 Å². The van der Waals surface area contributed by atoms with Crippen molar-refractivity contribution >= 4 is 43.4 Å². The third-order valence-corrected chi connectivity index (χ3v) is 10.4. The molecule has 4 aromatic heterocycles. The number of thiophene rings is 1. The van der Waals surface area contributed by atoms with Gasteiger partial charge in [-0.25, -0.2) is 18.4 Å². The molecule has 1 aliphatic carbocycles. The maximum absolute atomic E-state index is 13.3. The minimum Gasteiger partial charge on any atom is -0.379 e. The smallest absolute Gasteiger partial charge is 0.253 e. The van der Waals surface area contributed by atoms with Crippen molar-refractivity contribution in [1.82, 2.24) is 28.5 Å². The first kappa shape index (κ1) is 24.3. The first-order valence-corrected chi connectivity index (χ1v) is 14.7. The maximum atomic E-state index is 13.3. The fourth-order valence-corrected chi connectivity index (χ4v) is 8.01. The Morgan fingerprint density at radius 2 is 1.97 bits per heavy atom. The Labute approximate surface area is 219 Å². The van der Waals surface area contributed by atoms with E-state index in [0.717, 1.165) is 36.2 Å². The van der Waals surface area contributed by atoms with Gasteiger partial charge in [0.2, 0.25) is 0 Å². The van der Waals surface area contributed by atoms with Crippen LogP contribution in [0.1, 0.15) is 36.9 Å². The fraction of sp³-hybridized carbons (Fsp3) is 0.400. The second-order valence-electron chi connectivity index (χ2n) is 9.41. The lowest BCUT2D eigenvalue weighted by atomic mass is 9.97. The highest BCUT2D eigenvalue weighted by molar-refractivity contribution is 7.91. The third kappa shape index (κ3) is 4.58. The van der Waals surface area contributed by atoms with Crippen molar-refractivity contribution in [3.63, 3.8) is 0 Å². The van der Waals surface area contributed by atoms with Gasteiger partial charge in [-0.2, -0.15) is 9.40 Å². The number of sulfonamides is 1. The van der Waals surface area contributed by atoms with E-state index in [-0.39, 0.29) is 0 Å². The van der Waals surface area contributed by atoms with E-state index in [0.29, 0.717) is 52.5 Å². The molecule has 4 aromatic rings. The molecule has 0 aromatic carbocycles. The average molecular weight is 540 g/mol. The number of ether oxygens (including phenoxy) is 1. The van der Waals surface area contributed by atoms with Crippen LogP contribution in [0.2, 0.25) is 0 Å². The molecule has 194 valence electrons. The molecule has 6 rings (SSSR count). The van der Waals surface area contributed by atoms with Crippen molar-refractivity contribution in [1.29, 1.82) is 0 Å². The molecule has 1 N–H and O–H groups in total. The van der Waals surface area contributed by atoms with E-state index >= 15 is 0 Å². The molecular formula is C25H29N7O3S2. The summed E-state index contributed by atoms with van der Waals surface area (Å²) >= 11 is 1.22. The monoisotopic (exact) mass is 539 g/mol. The number of morpholine rings is 1. The molecule has 12 heteroatoms. The van der Waals surface area contributed by atoms with Gasteiger partial charge in [0.1, 0.15) is 4.21 Å². The van der Waals surface area contributed by atoms with Crippen LogP contribution in [0.15, 0.2) is 41.1 Å². The highest BCUT2D eigenvalue weighted by atomic mass is 32.2. The van der Waals surface area contributed by atoms with E-state index in [2.05, 4.69) is 21.5 Å². The zero-order chi connectivity index (χ0) is 25.6. The van der Waals surface area contributed by atoms with Crippen LogP contribution in [0.3, 0.4) is 0 Å². The van der Waals surface area contributed by atoms with E-state index < -0.39 is 10.0 Å². The summed E-state index contributed by atoms with van der Waals surface area (Å²) in [5.74, 6) is 0.593. The van der Waals surface area contributed by atoms with E-state index in [4.69, 9.17) is 9.72 Å². The van der Waals surface area contributed by atoms with Gasteiger partial charge in [-0.1, -0.05) is 6.08 Å². The van der Waals surface area contributed by atoms with Gasteiger partial charge >= 0.3 is 0 Å². The average Bonchev–Trinajstić information content (AvgIpc) is 3.63. The molecule has 1 saturated heterocycles. The number of hydrogen-bond donors (Lipinski definition) is 1.